The zero-order valence-electron chi connectivity index (χ0n) is 13.3. The molecule has 0 radical (unpaired) electrons. The molecule has 0 amide bonds. The number of carbonyl (C=O) groups excluding carboxylic acids is 1. The maximum atomic E-state index is 12.4. The van der Waals surface area contributed by atoms with Gasteiger partial charge in [0.1, 0.15) is 11.6 Å². The zero-order chi connectivity index (χ0) is 17.1. The molecule has 0 unspecified atom stereocenters. The van der Waals surface area contributed by atoms with Crippen LogP contribution in [0.4, 0.5) is 0 Å². The van der Waals surface area contributed by atoms with Crippen LogP contribution in [0, 0.1) is 25.2 Å². The number of nitrogens with zero attached hydrogens (tertiary/aromatic N) is 3. The van der Waals surface area contributed by atoms with E-state index in [4.69, 9.17) is 5.26 Å². The van der Waals surface area contributed by atoms with Crippen LogP contribution in [0.1, 0.15) is 34.0 Å². The van der Waals surface area contributed by atoms with Gasteiger partial charge in [0.2, 0.25) is 0 Å². The van der Waals surface area contributed by atoms with Gasteiger partial charge < -0.3 is 0 Å². The number of hydrogen-bond donors (Lipinski definition) is 0. The Kier molecular flexibility index (Phi) is 4.60. The number of nitriles is 1. The molecule has 0 N–H and O–H groups in total. The summed E-state index contributed by atoms with van der Waals surface area (Å²) in [4.78, 5) is 36.8. The molecule has 0 bridgehead atoms. The van der Waals surface area contributed by atoms with Gasteiger partial charge in [0.05, 0.1) is 6.54 Å². The van der Waals surface area contributed by atoms with Gasteiger partial charge in [-0.05, 0) is 38.0 Å². The Morgan fingerprint density at radius 3 is 2.48 bits per heavy atom. The molecule has 118 valence electrons. The summed E-state index contributed by atoms with van der Waals surface area (Å²) in [5, 5.41) is 9.01. The first kappa shape index (κ1) is 16.4. The maximum Gasteiger partial charge on any atom is 0.331 e. The SMILES string of the molecule is CCn1cc(C#N)c(=O)n(CC(=O)c2ccc(C)c(C)c2)c1=O. The summed E-state index contributed by atoms with van der Waals surface area (Å²) in [6.07, 6.45) is 1.22. The standard InChI is InChI=1S/C17H17N3O3/c1-4-19-9-14(8-18)16(22)20(17(19)23)10-15(21)13-6-5-11(2)12(3)7-13/h5-7,9H,4,10H2,1-3H3. The smallest absolute Gasteiger partial charge is 0.299 e. The average Bonchev–Trinajstić information content (AvgIpc) is 2.54. The Morgan fingerprint density at radius 2 is 1.91 bits per heavy atom. The summed E-state index contributed by atoms with van der Waals surface area (Å²) >= 11 is 0. The Balaban J connectivity index is 2.49. The molecule has 2 rings (SSSR count). The van der Waals surface area contributed by atoms with Crippen molar-refractivity contribution in [2.45, 2.75) is 33.9 Å². The minimum atomic E-state index is -0.737. The molecule has 0 saturated carbocycles. The van der Waals surface area contributed by atoms with Crippen molar-refractivity contribution in [1.29, 1.82) is 5.26 Å². The summed E-state index contributed by atoms with van der Waals surface area (Å²) in [5.74, 6) is -0.343. The van der Waals surface area contributed by atoms with Gasteiger partial charge >= 0.3 is 5.69 Å². The molecule has 0 atom stereocenters. The molecule has 1 aromatic heterocycles. The van der Waals surface area contributed by atoms with Crippen molar-refractivity contribution in [3.8, 4) is 6.07 Å². The van der Waals surface area contributed by atoms with Crippen molar-refractivity contribution in [3.63, 3.8) is 0 Å². The number of ketones is 1. The topological polar surface area (TPSA) is 84.9 Å². The number of carbonyl (C=O) groups is 1. The van der Waals surface area contributed by atoms with Gasteiger partial charge in [0.15, 0.2) is 5.78 Å². The van der Waals surface area contributed by atoms with Crippen LogP contribution in [0.5, 0.6) is 0 Å². The van der Waals surface area contributed by atoms with Crippen molar-refractivity contribution >= 4 is 5.78 Å². The third-order valence-corrected chi connectivity index (χ3v) is 3.83. The first-order chi connectivity index (χ1) is 10.9. The minimum Gasteiger partial charge on any atom is -0.299 e. The van der Waals surface area contributed by atoms with E-state index in [1.54, 1.807) is 25.1 Å². The van der Waals surface area contributed by atoms with Crippen molar-refractivity contribution in [2.24, 2.45) is 0 Å². The van der Waals surface area contributed by atoms with Gasteiger partial charge in [0.25, 0.3) is 5.56 Å². The molecule has 6 nitrogen and oxygen atoms in total. The van der Waals surface area contributed by atoms with E-state index in [0.717, 1.165) is 15.7 Å². The summed E-state index contributed by atoms with van der Waals surface area (Å²) in [6.45, 7) is 5.48. The van der Waals surface area contributed by atoms with E-state index >= 15 is 0 Å². The van der Waals surface area contributed by atoms with E-state index in [-0.39, 0.29) is 17.9 Å². The first-order valence-electron chi connectivity index (χ1n) is 7.23. The highest BCUT2D eigenvalue weighted by Crippen LogP contribution is 2.10. The van der Waals surface area contributed by atoms with Crippen LogP contribution in [-0.2, 0) is 13.1 Å². The lowest BCUT2D eigenvalue weighted by atomic mass is 10.0. The van der Waals surface area contributed by atoms with Gasteiger partial charge in [0, 0.05) is 18.3 Å². The van der Waals surface area contributed by atoms with Crippen LogP contribution in [0.25, 0.3) is 0 Å². The highest BCUT2D eigenvalue weighted by molar-refractivity contribution is 5.96. The fourth-order valence-corrected chi connectivity index (χ4v) is 2.25. The van der Waals surface area contributed by atoms with E-state index < -0.39 is 11.2 Å². The number of rotatable bonds is 4. The van der Waals surface area contributed by atoms with E-state index in [1.165, 1.54) is 10.8 Å². The fraction of sp³-hybridized carbons (Fsp3) is 0.294. The molecular weight excluding hydrogens is 294 g/mol. The van der Waals surface area contributed by atoms with Crippen LogP contribution >= 0.6 is 0 Å². The predicted molar refractivity (Wildman–Crippen MR) is 85.6 cm³/mol. The number of aryl methyl sites for hydroxylation is 3. The summed E-state index contributed by atoms with van der Waals surface area (Å²) in [7, 11) is 0. The van der Waals surface area contributed by atoms with Gasteiger partial charge in [-0.15, -0.1) is 0 Å². The van der Waals surface area contributed by atoms with Crippen LogP contribution in [0.2, 0.25) is 0 Å². The monoisotopic (exact) mass is 311 g/mol. The molecular formula is C17H17N3O3. The third-order valence-electron chi connectivity index (χ3n) is 3.83. The second-order valence-corrected chi connectivity index (χ2v) is 5.34. The summed E-state index contributed by atoms with van der Waals surface area (Å²) < 4.78 is 2.06. The molecule has 0 aliphatic carbocycles. The molecule has 0 fully saturated rings. The Hall–Kier alpha value is -2.94. The normalized spacial score (nSPS) is 10.3. The lowest BCUT2D eigenvalue weighted by Gasteiger charge is -2.09. The molecule has 1 aromatic carbocycles. The third kappa shape index (κ3) is 3.14. The second kappa shape index (κ2) is 6.44. The lowest BCUT2D eigenvalue weighted by molar-refractivity contribution is 0.0968. The first-order valence-corrected chi connectivity index (χ1v) is 7.23. The van der Waals surface area contributed by atoms with Crippen LogP contribution in [0.3, 0.4) is 0 Å². The van der Waals surface area contributed by atoms with Gasteiger partial charge in [-0.2, -0.15) is 5.26 Å². The van der Waals surface area contributed by atoms with E-state index in [2.05, 4.69) is 0 Å². The van der Waals surface area contributed by atoms with Crippen LogP contribution in [0.15, 0.2) is 34.0 Å². The second-order valence-electron chi connectivity index (χ2n) is 5.34. The zero-order valence-corrected chi connectivity index (χ0v) is 13.3. The van der Waals surface area contributed by atoms with Crippen LogP contribution < -0.4 is 11.2 Å². The molecule has 0 spiro atoms. The molecule has 1 heterocycles. The van der Waals surface area contributed by atoms with E-state index in [0.29, 0.717) is 12.1 Å². The Morgan fingerprint density at radius 1 is 1.22 bits per heavy atom. The number of hydrogen-bond acceptors (Lipinski definition) is 4. The van der Waals surface area contributed by atoms with Crippen molar-refractivity contribution in [1.82, 2.24) is 9.13 Å². The van der Waals surface area contributed by atoms with Crippen molar-refractivity contribution in [3.05, 3.63) is 67.5 Å². The van der Waals surface area contributed by atoms with E-state index in [1.807, 2.05) is 19.9 Å². The number of Topliss-reactive ketones (excluding diaryl/α,β-unsaturated/α-hetero) is 1. The van der Waals surface area contributed by atoms with E-state index in [9.17, 15) is 14.4 Å². The summed E-state index contributed by atoms with van der Waals surface area (Å²) in [5.41, 5.74) is 0.968. The predicted octanol–water partition coefficient (Wildman–Crippen LogP) is 1.40. The molecule has 0 aliphatic heterocycles. The fourth-order valence-electron chi connectivity index (χ4n) is 2.25. The summed E-state index contributed by atoms with van der Waals surface area (Å²) in [6, 6.07) is 6.98. The average molecular weight is 311 g/mol. The molecule has 6 heteroatoms. The molecule has 0 saturated heterocycles. The van der Waals surface area contributed by atoms with Crippen molar-refractivity contribution < 1.29 is 4.79 Å². The van der Waals surface area contributed by atoms with Gasteiger partial charge in [-0.25, -0.2) is 4.79 Å². The number of benzene rings is 1. The quantitative estimate of drug-likeness (QED) is 0.799. The lowest BCUT2D eigenvalue weighted by Crippen LogP contribution is -2.42. The van der Waals surface area contributed by atoms with Gasteiger partial charge in [-0.1, -0.05) is 12.1 Å². The van der Waals surface area contributed by atoms with Gasteiger partial charge in [-0.3, -0.25) is 18.7 Å². The van der Waals surface area contributed by atoms with Crippen LogP contribution in [-0.4, -0.2) is 14.9 Å². The molecule has 0 aliphatic rings. The highest BCUT2D eigenvalue weighted by Gasteiger charge is 2.15. The molecule has 2 aromatic rings. The largest absolute Gasteiger partial charge is 0.331 e. The Labute approximate surface area is 133 Å². The van der Waals surface area contributed by atoms with Crippen molar-refractivity contribution in [2.75, 3.05) is 0 Å². The maximum absolute atomic E-state index is 12.4. The molecule has 23 heavy (non-hydrogen) atoms. The number of aromatic nitrogens is 2. The minimum absolute atomic E-state index is 0.153. The Bertz CT molecular complexity index is 930. The highest BCUT2D eigenvalue weighted by atomic mass is 16.2.